The number of ether oxygens (including phenoxy) is 1. The van der Waals surface area contributed by atoms with Crippen LogP contribution in [0.1, 0.15) is 0 Å². The molecule has 1 aromatic rings. The Bertz CT molecular complexity index is 361. The molecule has 0 aromatic heterocycles. The number of nitrogens with one attached hydrogen (secondary N) is 1. The zero-order valence-corrected chi connectivity index (χ0v) is 8.57. The van der Waals surface area contributed by atoms with Crippen LogP contribution in [-0.2, 0) is 0 Å². The highest BCUT2D eigenvalue weighted by Gasteiger charge is 2.06. The lowest BCUT2D eigenvalue weighted by Crippen LogP contribution is -2.31. The number of benzene rings is 1. The van der Waals surface area contributed by atoms with E-state index < -0.39 is 11.5 Å². The van der Waals surface area contributed by atoms with Crippen LogP contribution in [0.2, 0.25) is 0 Å². The van der Waals surface area contributed by atoms with E-state index in [-0.39, 0.29) is 6.54 Å². The molecule has 0 saturated heterocycles. The quantitative estimate of drug-likeness (QED) is 0.798. The number of nitrogens with zero attached hydrogens (tertiary/aromatic N) is 1. The van der Waals surface area contributed by atoms with Crippen molar-refractivity contribution in [2.24, 2.45) is 0 Å². The first-order chi connectivity index (χ1) is 7.22. The van der Waals surface area contributed by atoms with Crippen LogP contribution in [0.25, 0.3) is 0 Å². The highest BCUT2D eigenvalue weighted by atomic mass is 35.5. The van der Waals surface area contributed by atoms with Crippen molar-refractivity contribution in [3.05, 3.63) is 30.3 Å². The number of nitriles is 1. The fourth-order valence-electron chi connectivity index (χ4n) is 0.850. The van der Waals surface area contributed by atoms with Gasteiger partial charge < -0.3 is 10.1 Å². The second-order valence-electron chi connectivity index (χ2n) is 2.68. The number of rotatable bonds is 3. The molecule has 0 fully saturated rings. The van der Waals surface area contributed by atoms with Crippen LogP contribution in [-0.4, -0.2) is 18.0 Å². The van der Waals surface area contributed by atoms with Gasteiger partial charge in [-0.1, -0.05) is 18.2 Å². The third-order valence-electron chi connectivity index (χ3n) is 1.52. The summed E-state index contributed by atoms with van der Waals surface area (Å²) in [6.45, 7) is 0.0592. The normalized spacial score (nSPS) is 11.2. The molecular weight excluding hydrogens is 216 g/mol. The summed E-state index contributed by atoms with van der Waals surface area (Å²) in [5.41, 5.74) is 0. The first kappa shape index (κ1) is 11.3. The molecule has 1 amide bonds. The van der Waals surface area contributed by atoms with Gasteiger partial charge in [0.05, 0.1) is 12.6 Å². The topological polar surface area (TPSA) is 62.1 Å². The third-order valence-corrected chi connectivity index (χ3v) is 1.77. The van der Waals surface area contributed by atoms with Crippen LogP contribution in [0.3, 0.4) is 0 Å². The number of hydrogen-bond donors (Lipinski definition) is 1. The van der Waals surface area contributed by atoms with Gasteiger partial charge in [0, 0.05) is 0 Å². The van der Waals surface area contributed by atoms with Crippen molar-refractivity contribution < 1.29 is 9.53 Å². The van der Waals surface area contributed by atoms with Crippen LogP contribution in [0.5, 0.6) is 5.75 Å². The molecule has 1 atom stereocenters. The van der Waals surface area contributed by atoms with Crippen molar-refractivity contribution in [2.45, 2.75) is 5.38 Å². The van der Waals surface area contributed by atoms with Crippen LogP contribution >= 0.6 is 11.6 Å². The number of carbonyl (C=O) groups is 1. The predicted molar refractivity (Wildman–Crippen MR) is 55.7 cm³/mol. The highest BCUT2D eigenvalue weighted by Crippen LogP contribution is 2.07. The zero-order valence-electron chi connectivity index (χ0n) is 7.81. The maximum Gasteiger partial charge on any atom is 0.412 e. The van der Waals surface area contributed by atoms with Gasteiger partial charge in [-0.15, -0.1) is 11.6 Å². The molecule has 78 valence electrons. The average Bonchev–Trinajstić information content (AvgIpc) is 2.27. The highest BCUT2D eigenvalue weighted by molar-refractivity contribution is 6.22. The fraction of sp³-hybridized carbons (Fsp3) is 0.200. The van der Waals surface area contributed by atoms with Gasteiger partial charge in [0.1, 0.15) is 11.1 Å². The lowest BCUT2D eigenvalue weighted by molar-refractivity contribution is 0.201. The third kappa shape index (κ3) is 4.34. The summed E-state index contributed by atoms with van der Waals surface area (Å²) < 4.78 is 4.89. The Morgan fingerprint density at radius 2 is 2.20 bits per heavy atom. The lowest BCUT2D eigenvalue weighted by atomic mass is 10.3. The Kier molecular flexibility index (Phi) is 4.45. The average molecular weight is 225 g/mol. The van der Waals surface area contributed by atoms with Gasteiger partial charge in [-0.05, 0) is 12.1 Å². The summed E-state index contributed by atoms with van der Waals surface area (Å²) in [4.78, 5) is 11.1. The molecule has 0 spiro atoms. The van der Waals surface area contributed by atoms with E-state index >= 15 is 0 Å². The molecule has 0 bridgehead atoms. The summed E-state index contributed by atoms with van der Waals surface area (Å²) in [7, 11) is 0. The first-order valence-electron chi connectivity index (χ1n) is 4.27. The Balaban J connectivity index is 2.35. The molecule has 5 heteroatoms. The number of amides is 1. The Hall–Kier alpha value is -1.73. The van der Waals surface area contributed by atoms with Crippen molar-refractivity contribution in [1.29, 1.82) is 5.26 Å². The van der Waals surface area contributed by atoms with Gasteiger partial charge in [-0.25, -0.2) is 4.79 Å². The van der Waals surface area contributed by atoms with Gasteiger partial charge in [0.15, 0.2) is 0 Å². The smallest absolute Gasteiger partial charge is 0.410 e. The predicted octanol–water partition coefficient (Wildman–Crippen LogP) is 1.91. The van der Waals surface area contributed by atoms with Gasteiger partial charge in [-0.2, -0.15) is 5.26 Å². The van der Waals surface area contributed by atoms with Gasteiger partial charge in [0.25, 0.3) is 0 Å². The minimum Gasteiger partial charge on any atom is -0.410 e. The van der Waals surface area contributed by atoms with Crippen molar-refractivity contribution in [3.8, 4) is 11.8 Å². The Labute approximate surface area is 92.4 Å². The van der Waals surface area contributed by atoms with Crippen molar-refractivity contribution >= 4 is 17.7 Å². The molecule has 1 aromatic carbocycles. The summed E-state index contributed by atoms with van der Waals surface area (Å²) in [6.07, 6.45) is -0.623. The van der Waals surface area contributed by atoms with Crippen LogP contribution in [0, 0.1) is 11.3 Å². The fourth-order valence-corrected chi connectivity index (χ4v) is 0.927. The lowest BCUT2D eigenvalue weighted by Gasteiger charge is -2.05. The number of para-hydroxylation sites is 1. The largest absolute Gasteiger partial charge is 0.412 e. The van der Waals surface area contributed by atoms with E-state index in [0.29, 0.717) is 5.75 Å². The Morgan fingerprint density at radius 3 is 2.80 bits per heavy atom. The maximum atomic E-state index is 11.1. The number of carbonyl (C=O) groups excluding carboxylic acids is 1. The summed E-state index contributed by atoms with van der Waals surface area (Å²) in [5.74, 6) is 0.443. The van der Waals surface area contributed by atoms with E-state index in [2.05, 4.69) is 5.32 Å². The molecule has 4 nitrogen and oxygen atoms in total. The molecule has 0 unspecified atom stereocenters. The number of alkyl halides is 1. The van der Waals surface area contributed by atoms with E-state index in [1.54, 1.807) is 30.3 Å². The Morgan fingerprint density at radius 1 is 1.53 bits per heavy atom. The van der Waals surface area contributed by atoms with Crippen LogP contribution in [0.15, 0.2) is 30.3 Å². The number of halogens is 1. The van der Waals surface area contributed by atoms with Gasteiger partial charge in [-0.3, -0.25) is 0 Å². The molecule has 1 rings (SSSR count). The first-order valence-corrected chi connectivity index (χ1v) is 4.70. The molecule has 0 aliphatic carbocycles. The van der Waals surface area contributed by atoms with E-state index in [4.69, 9.17) is 21.6 Å². The molecule has 0 aliphatic heterocycles. The molecule has 0 aliphatic rings. The van der Waals surface area contributed by atoms with Gasteiger partial charge >= 0.3 is 6.09 Å². The van der Waals surface area contributed by atoms with Crippen LogP contribution in [0.4, 0.5) is 4.79 Å². The zero-order chi connectivity index (χ0) is 11.1. The van der Waals surface area contributed by atoms with Crippen LogP contribution < -0.4 is 10.1 Å². The molecule has 0 radical (unpaired) electrons. The second kappa shape index (κ2) is 5.89. The van der Waals surface area contributed by atoms with E-state index in [0.717, 1.165) is 0 Å². The van der Waals surface area contributed by atoms with Crippen molar-refractivity contribution in [3.63, 3.8) is 0 Å². The SMILES string of the molecule is N#C[C@H](Cl)CNC(=O)Oc1ccccc1. The van der Waals surface area contributed by atoms with E-state index in [9.17, 15) is 4.79 Å². The van der Waals surface area contributed by atoms with Crippen molar-refractivity contribution in [2.75, 3.05) is 6.54 Å². The monoisotopic (exact) mass is 224 g/mol. The van der Waals surface area contributed by atoms with Crippen molar-refractivity contribution in [1.82, 2.24) is 5.32 Å². The minimum atomic E-state index is -0.742. The van der Waals surface area contributed by atoms with E-state index in [1.807, 2.05) is 6.07 Å². The summed E-state index contributed by atoms with van der Waals surface area (Å²) >= 11 is 5.48. The molecule has 0 saturated carbocycles. The molecule has 15 heavy (non-hydrogen) atoms. The second-order valence-corrected chi connectivity index (χ2v) is 3.21. The van der Waals surface area contributed by atoms with E-state index in [1.165, 1.54) is 0 Å². The number of hydrogen-bond acceptors (Lipinski definition) is 3. The molecule has 0 heterocycles. The molecular formula is C10H9ClN2O2. The molecule has 1 N–H and O–H groups in total. The standard InChI is InChI=1S/C10H9ClN2O2/c11-8(6-12)7-13-10(14)15-9-4-2-1-3-5-9/h1-5,8H,7H2,(H,13,14)/t8-/m0/s1. The minimum absolute atomic E-state index is 0.0592. The summed E-state index contributed by atoms with van der Waals surface area (Å²) in [5, 5.41) is 9.99. The summed E-state index contributed by atoms with van der Waals surface area (Å²) in [6, 6.07) is 10.4. The van der Waals surface area contributed by atoms with Gasteiger partial charge in [0.2, 0.25) is 0 Å². The maximum absolute atomic E-state index is 11.1.